The van der Waals surface area contributed by atoms with E-state index in [2.05, 4.69) is 46.1 Å². The first kappa shape index (κ1) is 17.3. The maximum atomic E-state index is 12.6. The van der Waals surface area contributed by atoms with Gasteiger partial charge in [0.2, 0.25) is 5.91 Å². The molecule has 1 aliphatic heterocycles. The van der Waals surface area contributed by atoms with E-state index >= 15 is 0 Å². The summed E-state index contributed by atoms with van der Waals surface area (Å²) in [6.45, 7) is 5.40. The summed E-state index contributed by atoms with van der Waals surface area (Å²) in [6, 6.07) is 10.5. The molecule has 0 radical (unpaired) electrons. The second-order valence-corrected chi connectivity index (χ2v) is 8.19. The Balaban J connectivity index is 1.33. The van der Waals surface area contributed by atoms with Crippen LogP contribution in [0.5, 0.6) is 0 Å². The van der Waals surface area contributed by atoms with E-state index in [1.165, 1.54) is 23.0 Å². The van der Waals surface area contributed by atoms with E-state index in [0.717, 1.165) is 41.4 Å². The average molecular weight is 385 g/mol. The van der Waals surface area contributed by atoms with Crippen LogP contribution in [0.25, 0.3) is 10.2 Å². The Hall–Kier alpha value is -2.12. The van der Waals surface area contributed by atoms with E-state index in [4.69, 9.17) is 0 Å². The van der Waals surface area contributed by atoms with Crippen LogP contribution in [0.2, 0.25) is 0 Å². The summed E-state index contributed by atoms with van der Waals surface area (Å²) in [4.78, 5) is 25.5. The van der Waals surface area contributed by atoms with Crippen molar-refractivity contribution < 1.29 is 4.79 Å². The number of thiophene rings is 1. The molecule has 0 bridgehead atoms. The molecule has 0 N–H and O–H groups in total. The molecule has 1 fully saturated rings. The third-order valence-electron chi connectivity index (χ3n) is 4.54. The molecule has 0 spiro atoms. The van der Waals surface area contributed by atoms with Crippen LogP contribution in [0, 0.1) is 6.92 Å². The first-order valence-electron chi connectivity index (χ1n) is 8.61. The van der Waals surface area contributed by atoms with Gasteiger partial charge < -0.3 is 9.80 Å². The summed E-state index contributed by atoms with van der Waals surface area (Å²) in [5.74, 6) is 0.608. The molecule has 4 rings (SSSR count). The van der Waals surface area contributed by atoms with E-state index in [1.807, 2.05) is 16.3 Å². The highest BCUT2D eigenvalue weighted by molar-refractivity contribution is 8.00. The molecule has 1 amide bonds. The lowest BCUT2D eigenvalue weighted by atomic mass is 10.2. The van der Waals surface area contributed by atoms with Crippen molar-refractivity contribution in [3.63, 3.8) is 0 Å². The second-order valence-electron chi connectivity index (χ2n) is 6.31. The minimum atomic E-state index is 0.183. The predicted octanol–water partition coefficient (Wildman–Crippen LogP) is 3.44. The van der Waals surface area contributed by atoms with Gasteiger partial charge in [-0.1, -0.05) is 23.9 Å². The van der Waals surface area contributed by atoms with Crippen molar-refractivity contribution in [1.29, 1.82) is 0 Å². The third kappa shape index (κ3) is 3.68. The minimum absolute atomic E-state index is 0.183. The van der Waals surface area contributed by atoms with Crippen molar-refractivity contribution in [1.82, 2.24) is 14.9 Å². The van der Waals surface area contributed by atoms with E-state index in [-0.39, 0.29) is 5.91 Å². The van der Waals surface area contributed by atoms with E-state index in [1.54, 1.807) is 17.7 Å². The third-order valence-corrected chi connectivity index (χ3v) is 6.56. The number of benzene rings is 1. The van der Waals surface area contributed by atoms with Crippen LogP contribution < -0.4 is 4.90 Å². The topological polar surface area (TPSA) is 49.3 Å². The van der Waals surface area contributed by atoms with Crippen LogP contribution in [-0.2, 0) is 4.79 Å². The molecule has 3 heterocycles. The first-order chi connectivity index (χ1) is 12.7. The van der Waals surface area contributed by atoms with E-state index in [0.29, 0.717) is 5.75 Å². The highest BCUT2D eigenvalue weighted by Crippen LogP contribution is 2.29. The molecule has 0 unspecified atom stereocenters. The molecule has 1 aliphatic rings. The van der Waals surface area contributed by atoms with Crippen molar-refractivity contribution in [2.45, 2.75) is 11.9 Å². The van der Waals surface area contributed by atoms with Crippen LogP contribution in [0.15, 0.2) is 47.1 Å². The van der Waals surface area contributed by atoms with Gasteiger partial charge in [0.15, 0.2) is 0 Å². The SMILES string of the molecule is Cc1cccc(N2CCN(C(=O)CSc3ncnc4ccsc34)CC2)c1. The molecule has 0 atom stereocenters. The predicted molar refractivity (Wildman–Crippen MR) is 108 cm³/mol. The quantitative estimate of drug-likeness (QED) is 0.509. The fourth-order valence-electron chi connectivity index (χ4n) is 3.13. The Kier molecular flexibility index (Phi) is 5.08. The smallest absolute Gasteiger partial charge is 0.233 e. The number of nitrogens with zero attached hydrogens (tertiary/aromatic N) is 4. The first-order valence-corrected chi connectivity index (χ1v) is 10.5. The Morgan fingerprint density at radius 3 is 2.85 bits per heavy atom. The molecule has 0 aliphatic carbocycles. The van der Waals surface area contributed by atoms with Crippen molar-refractivity contribution in [3.05, 3.63) is 47.6 Å². The minimum Gasteiger partial charge on any atom is -0.368 e. The lowest BCUT2D eigenvalue weighted by Gasteiger charge is -2.36. The fourth-order valence-corrected chi connectivity index (χ4v) is 4.98. The van der Waals surface area contributed by atoms with Gasteiger partial charge in [0.25, 0.3) is 0 Å². The Labute approximate surface area is 161 Å². The second kappa shape index (κ2) is 7.63. The molecule has 0 saturated carbocycles. The van der Waals surface area contributed by atoms with Crippen LogP contribution >= 0.6 is 23.1 Å². The molecule has 5 nitrogen and oxygen atoms in total. The summed E-state index contributed by atoms with van der Waals surface area (Å²) in [6.07, 6.45) is 1.57. The van der Waals surface area contributed by atoms with Crippen molar-refractivity contribution >= 4 is 44.9 Å². The van der Waals surface area contributed by atoms with Gasteiger partial charge in [-0.2, -0.15) is 0 Å². The molecule has 1 aromatic carbocycles. The number of rotatable bonds is 4. The van der Waals surface area contributed by atoms with Gasteiger partial charge in [0.05, 0.1) is 16.0 Å². The van der Waals surface area contributed by atoms with Crippen LogP contribution in [0.3, 0.4) is 0 Å². The lowest BCUT2D eigenvalue weighted by Crippen LogP contribution is -2.49. The normalized spacial score (nSPS) is 14.8. The molecular formula is C19H20N4OS2. The van der Waals surface area contributed by atoms with Crippen molar-refractivity contribution in [2.75, 3.05) is 36.8 Å². The molecule has 3 aromatic rings. The Bertz CT molecular complexity index is 919. The monoisotopic (exact) mass is 384 g/mol. The zero-order chi connectivity index (χ0) is 17.9. The molecule has 26 heavy (non-hydrogen) atoms. The van der Waals surface area contributed by atoms with Crippen LogP contribution in [0.1, 0.15) is 5.56 Å². The zero-order valence-electron chi connectivity index (χ0n) is 14.6. The Morgan fingerprint density at radius 2 is 2.04 bits per heavy atom. The summed E-state index contributed by atoms with van der Waals surface area (Å²) < 4.78 is 1.06. The highest BCUT2D eigenvalue weighted by atomic mass is 32.2. The summed E-state index contributed by atoms with van der Waals surface area (Å²) in [7, 11) is 0. The van der Waals surface area contributed by atoms with Gasteiger partial charge >= 0.3 is 0 Å². The van der Waals surface area contributed by atoms with E-state index in [9.17, 15) is 4.79 Å². The number of carbonyl (C=O) groups is 1. The van der Waals surface area contributed by atoms with Crippen molar-refractivity contribution in [3.8, 4) is 0 Å². The van der Waals surface area contributed by atoms with Crippen LogP contribution in [0.4, 0.5) is 5.69 Å². The number of aryl methyl sites for hydroxylation is 1. The number of thioether (sulfide) groups is 1. The zero-order valence-corrected chi connectivity index (χ0v) is 16.2. The van der Waals surface area contributed by atoms with Gasteiger partial charge in [-0.05, 0) is 36.1 Å². The number of hydrogen-bond donors (Lipinski definition) is 0. The van der Waals surface area contributed by atoms with Crippen LogP contribution in [-0.4, -0.2) is 52.7 Å². The molecule has 2 aromatic heterocycles. The molecular weight excluding hydrogens is 364 g/mol. The number of amides is 1. The number of anilines is 1. The summed E-state index contributed by atoms with van der Waals surface area (Å²) in [5.41, 5.74) is 3.46. The van der Waals surface area contributed by atoms with Gasteiger partial charge in [0, 0.05) is 31.9 Å². The fraction of sp³-hybridized carbons (Fsp3) is 0.316. The van der Waals surface area contributed by atoms with Gasteiger partial charge in [-0.3, -0.25) is 4.79 Å². The van der Waals surface area contributed by atoms with E-state index < -0.39 is 0 Å². The lowest BCUT2D eigenvalue weighted by molar-refractivity contribution is -0.128. The van der Waals surface area contributed by atoms with Gasteiger partial charge in [-0.15, -0.1) is 11.3 Å². The summed E-state index contributed by atoms with van der Waals surface area (Å²) in [5, 5.41) is 2.91. The number of aromatic nitrogens is 2. The average Bonchev–Trinajstić information content (AvgIpc) is 3.15. The Morgan fingerprint density at radius 1 is 1.19 bits per heavy atom. The van der Waals surface area contributed by atoms with Crippen molar-refractivity contribution in [2.24, 2.45) is 0 Å². The number of fused-ring (bicyclic) bond motifs is 1. The summed E-state index contributed by atoms with van der Waals surface area (Å²) >= 11 is 3.13. The molecule has 134 valence electrons. The highest BCUT2D eigenvalue weighted by Gasteiger charge is 2.21. The standard InChI is InChI=1S/C19H20N4OS2/c1-14-3-2-4-15(11-14)22-6-8-23(9-7-22)17(24)12-26-19-18-16(5-10-25-18)20-13-21-19/h2-5,10-11,13H,6-9,12H2,1H3. The number of piperazine rings is 1. The maximum Gasteiger partial charge on any atom is 0.233 e. The molecule has 7 heteroatoms. The molecule has 1 saturated heterocycles. The number of hydrogen-bond acceptors (Lipinski definition) is 6. The maximum absolute atomic E-state index is 12.6. The largest absolute Gasteiger partial charge is 0.368 e. The van der Waals surface area contributed by atoms with Gasteiger partial charge in [-0.25, -0.2) is 9.97 Å². The van der Waals surface area contributed by atoms with Gasteiger partial charge in [0.1, 0.15) is 11.4 Å². The number of carbonyl (C=O) groups excluding carboxylic acids is 1.